The first-order chi connectivity index (χ1) is 7.71. The van der Waals surface area contributed by atoms with E-state index in [4.69, 9.17) is 0 Å². The fourth-order valence-electron chi connectivity index (χ4n) is 3.97. The first-order valence-electron chi connectivity index (χ1n) is 6.88. The van der Waals surface area contributed by atoms with Crippen molar-refractivity contribution in [1.29, 1.82) is 0 Å². The smallest absolute Gasteiger partial charge is 1.00 e. The van der Waals surface area contributed by atoms with Gasteiger partial charge < -0.3 is 37.2 Å². The second kappa shape index (κ2) is 7.56. The van der Waals surface area contributed by atoms with Crippen molar-refractivity contribution in [3.63, 3.8) is 0 Å². The third kappa shape index (κ3) is 3.06. The van der Waals surface area contributed by atoms with Crippen LogP contribution in [0.15, 0.2) is 22.3 Å². The molecule has 2 aliphatic rings. The summed E-state index contributed by atoms with van der Waals surface area (Å²) in [4.78, 5) is 0. The van der Waals surface area contributed by atoms with Crippen LogP contribution in [-0.4, -0.2) is 0 Å². The first-order valence-corrected chi connectivity index (χ1v) is 7.66. The molecule has 0 saturated carbocycles. The average Bonchev–Trinajstić information content (AvgIpc) is 2.49. The zero-order valence-corrected chi connectivity index (χ0v) is 17.3. The molecule has 0 bridgehead atoms. The summed E-state index contributed by atoms with van der Waals surface area (Å²) in [5.74, 6) is 2.99. The third-order valence-corrected chi connectivity index (χ3v) is 6.97. The number of hydrogen-bond acceptors (Lipinski definition) is 0. The normalized spacial score (nSPS) is 39.6. The van der Waals surface area contributed by atoms with Crippen molar-refractivity contribution in [2.45, 2.75) is 52.2 Å². The molecule has 0 aromatic carbocycles. The molecule has 0 amide bonds. The van der Waals surface area contributed by atoms with E-state index >= 15 is 0 Å². The summed E-state index contributed by atoms with van der Waals surface area (Å²) in [7, 11) is 0. The van der Waals surface area contributed by atoms with Gasteiger partial charge in [0.25, 0.3) is 0 Å². The molecule has 0 N–H and O–H groups in total. The van der Waals surface area contributed by atoms with Gasteiger partial charge in [-0.25, -0.2) is 0 Å². The minimum atomic E-state index is 0. The second-order valence-corrected chi connectivity index (χ2v) is 8.12. The van der Waals surface area contributed by atoms with Crippen molar-refractivity contribution in [1.82, 2.24) is 0 Å². The molecular formula is C16H25Cl3Ti. The van der Waals surface area contributed by atoms with Crippen LogP contribution < -0.4 is 37.2 Å². The van der Waals surface area contributed by atoms with Gasteiger partial charge in [-0.2, -0.15) is 0 Å². The van der Waals surface area contributed by atoms with Gasteiger partial charge >= 0.3 is 119 Å². The van der Waals surface area contributed by atoms with Crippen molar-refractivity contribution in [3.05, 3.63) is 22.3 Å². The zero-order valence-electron chi connectivity index (χ0n) is 13.4. The van der Waals surface area contributed by atoms with Crippen LogP contribution in [0.2, 0.25) is 3.72 Å². The van der Waals surface area contributed by atoms with Crippen LogP contribution in [0.4, 0.5) is 0 Å². The maximum Gasteiger partial charge on any atom is -1.00 e. The Labute approximate surface area is 155 Å². The molecule has 5 atom stereocenters. The van der Waals surface area contributed by atoms with Gasteiger partial charge in [-0.1, -0.05) is 0 Å². The van der Waals surface area contributed by atoms with E-state index in [1.165, 1.54) is 0 Å². The molecular weight excluding hydrogens is 346 g/mol. The Bertz CT molecular complexity index is 423. The van der Waals surface area contributed by atoms with Crippen LogP contribution >= 0.6 is 0 Å². The maximum absolute atomic E-state index is 2.45. The van der Waals surface area contributed by atoms with E-state index in [2.05, 4.69) is 68.9 Å². The van der Waals surface area contributed by atoms with Gasteiger partial charge in [0.1, 0.15) is 0 Å². The largest absolute Gasteiger partial charge is 1.00 e. The molecule has 0 heterocycles. The molecule has 2 aliphatic carbocycles. The molecule has 0 aromatic rings. The summed E-state index contributed by atoms with van der Waals surface area (Å²) < 4.78 is 0.345. The third-order valence-electron chi connectivity index (χ3n) is 5.87. The Hall–Kier alpha value is 1.06. The summed E-state index contributed by atoms with van der Waals surface area (Å²) in [6.07, 6.45) is 0. The molecule has 0 radical (unpaired) electrons. The Morgan fingerprint density at radius 2 is 1.40 bits per heavy atom. The molecule has 2 rings (SSSR count). The summed E-state index contributed by atoms with van der Waals surface area (Å²) in [6, 6.07) is 0. The predicted molar refractivity (Wildman–Crippen MR) is 70.4 cm³/mol. The minimum Gasteiger partial charge on any atom is -1.00 e. The van der Waals surface area contributed by atoms with Gasteiger partial charge in [0.05, 0.1) is 0 Å². The topological polar surface area (TPSA) is 0 Å². The van der Waals surface area contributed by atoms with Crippen molar-refractivity contribution in [2.75, 3.05) is 0 Å². The molecule has 0 fully saturated rings. The van der Waals surface area contributed by atoms with Crippen LogP contribution in [0, 0.1) is 23.7 Å². The van der Waals surface area contributed by atoms with E-state index in [1.54, 1.807) is 22.3 Å². The van der Waals surface area contributed by atoms with Crippen molar-refractivity contribution < 1.29 is 57.7 Å². The molecule has 0 aromatic heterocycles. The van der Waals surface area contributed by atoms with Crippen LogP contribution in [-0.2, 0) is 20.4 Å². The van der Waals surface area contributed by atoms with Crippen molar-refractivity contribution >= 4 is 0 Å². The SMILES string of the molecule is CC1=C(C)C(C)C2=C1[C](C)([Ti+3])C(C)C(C)C2C.[Cl-].[Cl-].[Cl-]. The Balaban J connectivity index is 0. The first kappa shape index (κ1) is 23.3. The molecule has 0 spiro atoms. The molecule has 114 valence electrons. The standard InChI is InChI=1S/C16H25.3ClH.Ti/c1-8-9(2)12(5)16-14(7)10(3)13(6)15(16)11(8)4;;;;/h8-9,11,13H,1-7H3;3*1H;/q;;;;+3/p-3. The number of allylic oxidation sites excluding steroid dienone is 4. The molecule has 20 heavy (non-hydrogen) atoms. The van der Waals surface area contributed by atoms with Crippen LogP contribution in [0.25, 0.3) is 0 Å². The van der Waals surface area contributed by atoms with Crippen molar-refractivity contribution in [3.8, 4) is 0 Å². The Morgan fingerprint density at radius 3 is 1.85 bits per heavy atom. The minimum absolute atomic E-state index is 0. The molecule has 0 nitrogen and oxygen atoms in total. The monoisotopic (exact) mass is 370 g/mol. The van der Waals surface area contributed by atoms with Gasteiger partial charge in [-0.05, 0) is 0 Å². The predicted octanol–water partition coefficient (Wildman–Crippen LogP) is -4.07. The number of hydrogen-bond donors (Lipinski definition) is 0. The summed E-state index contributed by atoms with van der Waals surface area (Å²) >= 11 is 2.45. The number of rotatable bonds is 0. The molecule has 0 saturated heterocycles. The summed E-state index contributed by atoms with van der Waals surface area (Å²) in [5.41, 5.74) is 6.63. The van der Waals surface area contributed by atoms with Crippen LogP contribution in [0.1, 0.15) is 48.5 Å². The van der Waals surface area contributed by atoms with E-state index < -0.39 is 0 Å². The maximum atomic E-state index is 2.45. The Morgan fingerprint density at radius 1 is 0.950 bits per heavy atom. The number of halogens is 3. The van der Waals surface area contributed by atoms with Crippen LogP contribution in [0.5, 0.6) is 0 Å². The second-order valence-electron chi connectivity index (χ2n) is 6.50. The van der Waals surface area contributed by atoms with E-state index in [1.807, 2.05) is 0 Å². The van der Waals surface area contributed by atoms with E-state index in [-0.39, 0.29) is 37.2 Å². The summed E-state index contributed by atoms with van der Waals surface area (Å²) in [6.45, 7) is 16.8. The molecule has 0 aliphatic heterocycles. The van der Waals surface area contributed by atoms with E-state index in [0.29, 0.717) is 9.64 Å². The van der Waals surface area contributed by atoms with Gasteiger partial charge in [0, 0.05) is 0 Å². The van der Waals surface area contributed by atoms with Gasteiger partial charge in [0.15, 0.2) is 0 Å². The van der Waals surface area contributed by atoms with Crippen LogP contribution in [0.3, 0.4) is 0 Å². The zero-order chi connectivity index (χ0) is 13.1. The van der Waals surface area contributed by atoms with Crippen molar-refractivity contribution in [2.24, 2.45) is 23.7 Å². The quantitative estimate of drug-likeness (QED) is 0.380. The van der Waals surface area contributed by atoms with E-state index in [9.17, 15) is 0 Å². The molecule has 4 heteroatoms. The Kier molecular flexibility index (Phi) is 8.82. The summed E-state index contributed by atoms with van der Waals surface area (Å²) in [5, 5.41) is 0. The molecule has 5 unspecified atom stereocenters. The fourth-order valence-corrected chi connectivity index (χ4v) is 4.90. The average molecular weight is 372 g/mol. The fraction of sp³-hybridized carbons (Fsp3) is 0.750. The van der Waals surface area contributed by atoms with E-state index in [0.717, 1.165) is 17.8 Å². The van der Waals surface area contributed by atoms with Gasteiger partial charge in [0.2, 0.25) is 0 Å². The van der Waals surface area contributed by atoms with Gasteiger partial charge in [-0.3, -0.25) is 0 Å². The van der Waals surface area contributed by atoms with Gasteiger partial charge in [-0.15, -0.1) is 0 Å².